The van der Waals surface area contributed by atoms with Gasteiger partial charge in [0.25, 0.3) is 0 Å². The predicted molar refractivity (Wildman–Crippen MR) is 43.9 cm³/mol. The molecule has 0 radical (unpaired) electrons. The zero-order valence-corrected chi connectivity index (χ0v) is 6.53. The highest BCUT2D eigenvalue weighted by molar-refractivity contribution is 5.94. The predicted octanol–water partition coefficient (Wildman–Crippen LogP) is 1.16. The van der Waals surface area contributed by atoms with Crippen molar-refractivity contribution in [1.29, 1.82) is 0 Å². The fraction of sp³-hybridized carbons (Fsp3) is 0.125. The number of nitrogens with zero attached hydrogens (tertiary/aromatic N) is 2. The number of hydrogen-bond donors (Lipinski definition) is 1. The lowest BCUT2D eigenvalue weighted by Gasteiger charge is -1.92. The van der Waals surface area contributed by atoms with Crippen molar-refractivity contribution in [1.82, 2.24) is 15.0 Å². The number of hydrogen-bond acceptors (Lipinski definition) is 3. The topological polar surface area (TPSA) is 58.6 Å². The van der Waals surface area contributed by atoms with E-state index in [0.717, 1.165) is 11.0 Å². The number of aromatic amines is 1. The lowest BCUT2D eigenvalue weighted by Crippen LogP contribution is -1.95. The van der Waals surface area contributed by atoms with Crippen molar-refractivity contribution in [3.8, 4) is 0 Å². The molecule has 0 unspecified atom stereocenters. The number of H-pyrrole nitrogens is 1. The Kier molecular flexibility index (Phi) is 1.40. The molecule has 0 aliphatic carbocycles. The van der Waals surface area contributed by atoms with Crippen LogP contribution >= 0.6 is 0 Å². The van der Waals surface area contributed by atoms with E-state index in [1.165, 1.54) is 6.92 Å². The lowest BCUT2D eigenvalue weighted by molar-refractivity contribution is 0.101. The van der Waals surface area contributed by atoms with Crippen LogP contribution < -0.4 is 0 Å². The molecular weight excluding hydrogens is 154 g/mol. The third-order valence-electron chi connectivity index (χ3n) is 1.67. The van der Waals surface area contributed by atoms with Crippen LogP contribution in [0.2, 0.25) is 0 Å². The average Bonchev–Trinajstić information content (AvgIpc) is 2.49. The number of carbonyl (C=O) groups excluding carboxylic acids is 1. The van der Waals surface area contributed by atoms with Gasteiger partial charge in [0, 0.05) is 6.92 Å². The molecule has 0 bridgehead atoms. The van der Waals surface area contributed by atoms with Gasteiger partial charge in [-0.1, -0.05) is 0 Å². The van der Waals surface area contributed by atoms with Crippen LogP contribution in [-0.2, 0) is 0 Å². The van der Waals surface area contributed by atoms with Crippen molar-refractivity contribution < 1.29 is 4.79 Å². The van der Waals surface area contributed by atoms with Gasteiger partial charge in [0.1, 0.15) is 11.2 Å². The van der Waals surface area contributed by atoms with Crippen LogP contribution in [0, 0.1) is 0 Å². The van der Waals surface area contributed by atoms with Gasteiger partial charge in [-0.3, -0.25) is 9.78 Å². The molecule has 0 spiro atoms. The van der Waals surface area contributed by atoms with Gasteiger partial charge >= 0.3 is 0 Å². The van der Waals surface area contributed by atoms with Crippen LogP contribution in [0.4, 0.5) is 0 Å². The Balaban J connectivity index is 2.68. The van der Waals surface area contributed by atoms with Gasteiger partial charge in [-0.15, -0.1) is 0 Å². The van der Waals surface area contributed by atoms with Crippen LogP contribution in [0.1, 0.15) is 17.4 Å². The van der Waals surface area contributed by atoms with Crippen molar-refractivity contribution in [2.24, 2.45) is 0 Å². The summed E-state index contributed by atoms with van der Waals surface area (Å²) >= 11 is 0. The van der Waals surface area contributed by atoms with E-state index in [4.69, 9.17) is 0 Å². The van der Waals surface area contributed by atoms with E-state index in [1.807, 2.05) is 0 Å². The molecule has 4 heteroatoms. The highest BCUT2D eigenvalue weighted by atomic mass is 16.1. The minimum Gasteiger partial charge on any atom is -0.344 e. The molecule has 4 nitrogen and oxygen atoms in total. The normalized spacial score (nSPS) is 10.4. The lowest BCUT2D eigenvalue weighted by atomic mass is 10.2. The first kappa shape index (κ1) is 6.97. The molecule has 0 aliphatic heterocycles. The average molecular weight is 161 g/mol. The van der Waals surface area contributed by atoms with Gasteiger partial charge in [-0.05, 0) is 6.07 Å². The molecule has 0 amide bonds. The van der Waals surface area contributed by atoms with E-state index in [9.17, 15) is 4.79 Å². The van der Waals surface area contributed by atoms with Crippen LogP contribution in [0.3, 0.4) is 0 Å². The molecule has 1 N–H and O–H groups in total. The molecule has 2 aromatic heterocycles. The van der Waals surface area contributed by atoms with Crippen molar-refractivity contribution in [3.05, 3.63) is 24.3 Å². The second kappa shape index (κ2) is 2.41. The third kappa shape index (κ3) is 0.972. The minimum absolute atomic E-state index is 0.0356. The van der Waals surface area contributed by atoms with Crippen molar-refractivity contribution in [3.63, 3.8) is 0 Å². The van der Waals surface area contributed by atoms with Crippen molar-refractivity contribution in [2.45, 2.75) is 6.92 Å². The largest absolute Gasteiger partial charge is 0.344 e. The number of aromatic nitrogens is 3. The van der Waals surface area contributed by atoms with Crippen LogP contribution in [0.5, 0.6) is 0 Å². The van der Waals surface area contributed by atoms with Crippen molar-refractivity contribution in [2.75, 3.05) is 0 Å². The monoisotopic (exact) mass is 161 g/mol. The number of Topliss-reactive ketones (excluding diaryl/α,β-unsaturated/α-hetero) is 1. The molecule has 0 aromatic carbocycles. The number of imidazole rings is 1. The van der Waals surface area contributed by atoms with E-state index < -0.39 is 0 Å². The van der Waals surface area contributed by atoms with Gasteiger partial charge in [-0.2, -0.15) is 0 Å². The summed E-state index contributed by atoms with van der Waals surface area (Å²) in [6.07, 6.45) is 3.17. The molecule has 2 heterocycles. The second-order valence-corrected chi connectivity index (χ2v) is 2.55. The number of ketones is 1. The van der Waals surface area contributed by atoms with E-state index in [0.29, 0.717) is 5.69 Å². The summed E-state index contributed by atoms with van der Waals surface area (Å²) in [5.74, 6) is -0.0356. The molecule has 12 heavy (non-hydrogen) atoms. The summed E-state index contributed by atoms with van der Waals surface area (Å²) in [7, 11) is 0. The fourth-order valence-electron chi connectivity index (χ4n) is 1.03. The van der Waals surface area contributed by atoms with E-state index in [1.54, 1.807) is 18.6 Å². The highest BCUT2D eigenvalue weighted by Gasteiger charge is 2.02. The molecule has 2 aromatic rings. The first-order valence-electron chi connectivity index (χ1n) is 3.57. The maximum atomic E-state index is 10.9. The Morgan fingerprint density at radius 2 is 2.33 bits per heavy atom. The minimum atomic E-state index is -0.0356. The Morgan fingerprint density at radius 1 is 1.50 bits per heavy atom. The number of pyridine rings is 1. The molecule has 0 saturated heterocycles. The van der Waals surface area contributed by atoms with Gasteiger partial charge < -0.3 is 4.98 Å². The first-order valence-corrected chi connectivity index (χ1v) is 3.57. The zero-order valence-electron chi connectivity index (χ0n) is 6.53. The number of fused-ring (bicyclic) bond motifs is 1. The summed E-state index contributed by atoms with van der Waals surface area (Å²) < 4.78 is 0. The molecule has 0 saturated carbocycles. The van der Waals surface area contributed by atoms with Crippen LogP contribution in [0.25, 0.3) is 11.0 Å². The SMILES string of the molecule is CC(=O)c1cc2[nH]cnc2cn1. The van der Waals surface area contributed by atoms with E-state index in [-0.39, 0.29) is 5.78 Å². The molecule has 0 fully saturated rings. The third-order valence-corrected chi connectivity index (χ3v) is 1.67. The number of rotatable bonds is 1. The van der Waals surface area contributed by atoms with Crippen molar-refractivity contribution >= 4 is 16.8 Å². The van der Waals surface area contributed by atoms with Gasteiger partial charge in [-0.25, -0.2) is 4.98 Å². The maximum absolute atomic E-state index is 10.9. The van der Waals surface area contributed by atoms with Gasteiger partial charge in [0.15, 0.2) is 5.78 Å². The standard InChI is InChI=1S/C8H7N3O/c1-5(12)6-2-7-8(3-9-6)11-4-10-7/h2-4H,1H3,(H,10,11). The Morgan fingerprint density at radius 3 is 3.08 bits per heavy atom. The summed E-state index contributed by atoms with van der Waals surface area (Å²) in [5.41, 5.74) is 2.09. The highest BCUT2D eigenvalue weighted by Crippen LogP contribution is 2.08. The Hall–Kier alpha value is -1.71. The summed E-state index contributed by atoms with van der Waals surface area (Å²) in [6.45, 7) is 1.49. The Labute approximate surface area is 68.7 Å². The summed E-state index contributed by atoms with van der Waals surface area (Å²) in [4.78, 5) is 21.8. The quantitative estimate of drug-likeness (QED) is 0.638. The second-order valence-electron chi connectivity index (χ2n) is 2.55. The van der Waals surface area contributed by atoms with E-state index in [2.05, 4.69) is 15.0 Å². The van der Waals surface area contributed by atoms with E-state index >= 15 is 0 Å². The smallest absolute Gasteiger partial charge is 0.178 e. The summed E-state index contributed by atoms with van der Waals surface area (Å²) in [6, 6.07) is 1.70. The van der Waals surface area contributed by atoms with Crippen LogP contribution in [0.15, 0.2) is 18.6 Å². The molecule has 0 atom stereocenters. The molecule has 0 aliphatic rings. The van der Waals surface area contributed by atoms with Gasteiger partial charge in [0.05, 0.1) is 18.0 Å². The van der Waals surface area contributed by atoms with Crippen LogP contribution in [-0.4, -0.2) is 20.7 Å². The zero-order chi connectivity index (χ0) is 8.55. The Bertz CT molecular complexity index is 433. The van der Waals surface area contributed by atoms with Gasteiger partial charge in [0.2, 0.25) is 0 Å². The number of nitrogens with one attached hydrogen (secondary N) is 1. The molecule has 60 valence electrons. The first-order chi connectivity index (χ1) is 5.77. The summed E-state index contributed by atoms with van der Waals surface area (Å²) in [5, 5.41) is 0. The number of carbonyl (C=O) groups is 1. The molecular formula is C8H7N3O. The molecule has 2 rings (SSSR count). The maximum Gasteiger partial charge on any atom is 0.178 e. The fourth-order valence-corrected chi connectivity index (χ4v) is 1.03.